The molecule has 0 amide bonds. The molecule has 0 bridgehead atoms. The summed E-state index contributed by atoms with van der Waals surface area (Å²) >= 11 is 1.69. The zero-order valence-corrected chi connectivity index (χ0v) is 11.6. The maximum atomic E-state index is 4.47. The number of aromatic nitrogens is 3. The van der Waals surface area contributed by atoms with E-state index in [1.165, 1.54) is 12.8 Å². The number of thiazole rings is 1. The van der Waals surface area contributed by atoms with Crippen LogP contribution in [-0.2, 0) is 12.1 Å². The van der Waals surface area contributed by atoms with Crippen LogP contribution in [0, 0.1) is 0 Å². The fraction of sp³-hybridized carbons (Fsp3) is 0.538. The molecule has 96 valence electrons. The van der Waals surface area contributed by atoms with Crippen molar-refractivity contribution < 1.29 is 0 Å². The fourth-order valence-corrected chi connectivity index (χ4v) is 2.70. The number of nitrogens with zero attached hydrogens (tertiary/aromatic N) is 3. The summed E-state index contributed by atoms with van der Waals surface area (Å²) in [6.45, 7) is 5.21. The molecule has 0 atom stereocenters. The van der Waals surface area contributed by atoms with Gasteiger partial charge in [0.15, 0.2) is 0 Å². The summed E-state index contributed by atoms with van der Waals surface area (Å²) in [6.07, 6.45) is 8.51. The summed E-state index contributed by atoms with van der Waals surface area (Å²) in [6, 6.07) is 0.724. The first-order valence-electron chi connectivity index (χ1n) is 6.33. The van der Waals surface area contributed by atoms with E-state index in [0.29, 0.717) is 0 Å². The first kappa shape index (κ1) is 11.9. The number of hydrogen-bond acceptors (Lipinski definition) is 4. The zero-order chi connectivity index (χ0) is 12.6. The third-order valence-corrected chi connectivity index (χ3v) is 4.47. The van der Waals surface area contributed by atoms with Gasteiger partial charge in [-0.1, -0.05) is 0 Å². The van der Waals surface area contributed by atoms with E-state index >= 15 is 0 Å². The summed E-state index contributed by atoms with van der Waals surface area (Å²) in [5.41, 5.74) is 0.977. The number of rotatable bonds is 5. The van der Waals surface area contributed by atoms with Crippen molar-refractivity contribution in [3.05, 3.63) is 34.8 Å². The van der Waals surface area contributed by atoms with E-state index in [2.05, 4.69) is 39.9 Å². The second kappa shape index (κ2) is 4.48. The van der Waals surface area contributed by atoms with Gasteiger partial charge in [-0.3, -0.25) is 0 Å². The highest BCUT2D eigenvalue weighted by atomic mass is 32.1. The molecule has 0 spiro atoms. The molecule has 5 heteroatoms. The van der Waals surface area contributed by atoms with Crippen LogP contribution in [0.2, 0.25) is 0 Å². The van der Waals surface area contributed by atoms with Gasteiger partial charge in [0, 0.05) is 30.4 Å². The Hall–Kier alpha value is -1.20. The molecule has 18 heavy (non-hydrogen) atoms. The Morgan fingerprint density at radius 1 is 1.44 bits per heavy atom. The molecule has 0 aliphatic heterocycles. The second-order valence-corrected chi connectivity index (χ2v) is 6.22. The smallest absolute Gasteiger partial charge is 0.118 e. The van der Waals surface area contributed by atoms with Crippen LogP contribution in [0.25, 0.3) is 0 Å². The summed E-state index contributed by atoms with van der Waals surface area (Å²) in [5, 5.41) is 6.61. The van der Waals surface area contributed by atoms with Crippen LogP contribution in [0.1, 0.15) is 37.4 Å². The number of hydrogen-bond donors (Lipinski definition) is 1. The molecule has 3 rings (SSSR count). The van der Waals surface area contributed by atoms with Crippen molar-refractivity contribution in [1.82, 2.24) is 19.9 Å². The lowest BCUT2D eigenvalue weighted by molar-refractivity contribution is 0.433. The minimum atomic E-state index is -0.126. The normalized spacial score (nSPS) is 16.1. The molecule has 1 aliphatic carbocycles. The fourth-order valence-electron chi connectivity index (χ4n) is 1.93. The van der Waals surface area contributed by atoms with E-state index < -0.39 is 0 Å². The minimum Gasteiger partial charge on any atom is -0.325 e. The van der Waals surface area contributed by atoms with Crippen molar-refractivity contribution in [3.63, 3.8) is 0 Å². The molecule has 4 nitrogen and oxygen atoms in total. The van der Waals surface area contributed by atoms with Gasteiger partial charge < -0.3 is 9.88 Å². The Morgan fingerprint density at radius 2 is 2.28 bits per heavy atom. The van der Waals surface area contributed by atoms with Crippen LogP contribution in [-0.4, -0.2) is 20.6 Å². The summed E-state index contributed by atoms with van der Waals surface area (Å²) in [5.74, 6) is 0. The molecule has 0 aromatic carbocycles. The van der Waals surface area contributed by atoms with Crippen molar-refractivity contribution >= 4 is 11.3 Å². The molecule has 0 radical (unpaired) electrons. The maximum absolute atomic E-state index is 4.47. The highest BCUT2D eigenvalue weighted by Crippen LogP contribution is 2.27. The molecular formula is C13H18N4S. The van der Waals surface area contributed by atoms with E-state index in [4.69, 9.17) is 0 Å². The lowest BCUT2D eigenvalue weighted by Gasteiger charge is -2.23. The molecule has 1 saturated carbocycles. The largest absolute Gasteiger partial charge is 0.325 e. The van der Waals surface area contributed by atoms with Gasteiger partial charge in [-0.05, 0) is 26.7 Å². The molecular weight excluding hydrogens is 244 g/mol. The Bertz CT molecular complexity index is 511. The Balaban J connectivity index is 1.75. The van der Waals surface area contributed by atoms with Gasteiger partial charge in [-0.2, -0.15) is 0 Å². The molecule has 1 aliphatic rings. The van der Waals surface area contributed by atoms with Crippen LogP contribution in [0.15, 0.2) is 24.1 Å². The third-order valence-electron chi connectivity index (χ3n) is 3.39. The first-order chi connectivity index (χ1) is 8.66. The highest BCUT2D eigenvalue weighted by Gasteiger charge is 2.26. The molecule has 2 heterocycles. The van der Waals surface area contributed by atoms with E-state index in [1.807, 2.05) is 17.9 Å². The van der Waals surface area contributed by atoms with Crippen molar-refractivity contribution in [2.75, 3.05) is 0 Å². The Kier molecular flexibility index (Phi) is 2.95. The van der Waals surface area contributed by atoms with Gasteiger partial charge in [0.1, 0.15) is 5.01 Å². The van der Waals surface area contributed by atoms with Crippen LogP contribution in [0.3, 0.4) is 0 Å². The quantitative estimate of drug-likeness (QED) is 0.899. The van der Waals surface area contributed by atoms with Gasteiger partial charge in [0.25, 0.3) is 0 Å². The average molecular weight is 262 g/mol. The Labute approximate surface area is 111 Å². The van der Waals surface area contributed by atoms with Crippen LogP contribution < -0.4 is 5.32 Å². The monoisotopic (exact) mass is 262 g/mol. The van der Waals surface area contributed by atoms with Crippen molar-refractivity contribution in [2.24, 2.45) is 0 Å². The number of imidazole rings is 1. The lowest BCUT2D eigenvalue weighted by atomic mass is 10.1. The second-order valence-electron chi connectivity index (χ2n) is 5.32. The molecule has 2 aromatic rings. The average Bonchev–Trinajstić information content (AvgIpc) is 2.87. The molecule has 0 unspecified atom stereocenters. The predicted molar refractivity (Wildman–Crippen MR) is 72.6 cm³/mol. The van der Waals surface area contributed by atoms with Crippen LogP contribution in [0.5, 0.6) is 0 Å². The molecule has 1 N–H and O–H groups in total. The predicted octanol–water partition coefficient (Wildman–Crippen LogP) is 2.38. The zero-order valence-electron chi connectivity index (χ0n) is 10.8. The lowest BCUT2D eigenvalue weighted by Crippen LogP contribution is -2.26. The van der Waals surface area contributed by atoms with Gasteiger partial charge >= 0.3 is 0 Å². The van der Waals surface area contributed by atoms with Crippen LogP contribution in [0.4, 0.5) is 0 Å². The van der Waals surface area contributed by atoms with Crippen molar-refractivity contribution in [2.45, 2.75) is 44.8 Å². The SMILES string of the molecule is CC(C)(c1nccs1)n1cnc(CNC2CC2)c1. The first-order valence-corrected chi connectivity index (χ1v) is 7.21. The van der Waals surface area contributed by atoms with E-state index in [1.54, 1.807) is 11.3 Å². The van der Waals surface area contributed by atoms with Crippen molar-refractivity contribution in [3.8, 4) is 0 Å². The summed E-state index contributed by atoms with van der Waals surface area (Å²) in [4.78, 5) is 8.88. The minimum absolute atomic E-state index is 0.126. The highest BCUT2D eigenvalue weighted by molar-refractivity contribution is 7.09. The topological polar surface area (TPSA) is 42.7 Å². The van der Waals surface area contributed by atoms with E-state index in [0.717, 1.165) is 23.3 Å². The third kappa shape index (κ3) is 2.33. The van der Waals surface area contributed by atoms with E-state index in [9.17, 15) is 0 Å². The van der Waals surface area contributed by atoms with Gasteiger partial charge in [-0.15, -0.1) is 11.3 Å². The maximum Gasteiger partial charge on any atom is 0.118 e. The molecule has 0 saturated heterocycles. The van der Waals surface area contributed by atoms with Crippen LogP contribution >= 0.6 is 11.3 Å². The van der Waals surface area contributed by atoms with E-state index in [-0.39, 0.29) is 5.54 Å². The Morgan fingerprint density at radius 3 is 2.94 bits per heavy atom. The standard InChI is InChI=1S/C13H18N4S/c1-13(2,12-14-5-6-18-12)17-8-11(16-9-17)7-15-10-3-4-10/h5-6,8-10,15H,3-4,7H2,1-2H3. The molecule has 1 fully saturated rings. The van der Waals surface area contributed by atoms with Gasteiger partial charge in [0.05, 0.1) is 17.6 Å². The number of nitrogens with one attached hydrogen (secondary N) is 1. The summed E-state index contributed by atoms with van der Waals surface area (Å²) < 4.78 is 2.15. The van der Waals surface area contributed by atoms with Gasteiger partial charge in [0.2, 0.25) is 0 Å². The molecule has 2 aromatic heterocycles. The van der Waals surface area contributed by atoms with Gasteiger partial charge in [-0.25, -0.2) is 9.97 Å². The summed E-state index contributed by atoms with van der Waals surface area (Å²) in [7, 11) is 0. The van der Waals surface area contributed by atoms with Crippen molar-refractivity contribution in [1.29, 1.82) is 0 Å².